The molecule has 0 unspecified atom stereocenters. The van der Waals surface area contributed by atoms with Crippen LogP contribution in [0.15, 0.2) is 18.2 Å². The fourth-order valence-corrected chi connectivity index (χ4v) is 1.73. The fourth-order valence-electron chi connectivity index (χ4n) is 1.73. The number of rotatable bonds is 5. The highest BCUT2D eigenvalue weighted by molar-refractivity contribution is 5.81. The second-order valence-corrected chi connectivity index (χ2v) is 4.36. The monoisotopic (exact) mass is 235 g/mol. The summed E-state index contributed by atoms with van der Waals surface area (Å²) in [6.07, 6.45) is 1.65. The van der Waals surface area contributed by atoms with E-state index in [2.05, 4.69) is 4.98 Å². The van der Waals surface area contributed by atoms with Gasteiger partial charge in [0.15, 0.2) is 0 Å². The van der Waals surface area contributed by atoms with E-state index in [1.165, 1.54) is 0 Å². The average molecular weight is 235 g/mol. The van der Waals surface area contributed by atoms with Gasteiger partial charge in [0.25, 0.3) is 0 Å². The van der Waals surface area contributed by atoms with E-state index in [1.54, 1.807) is 11.9 Å². The number of aromatic nitrogens is 1. The molecule has 4 heteroatoms. The molecule has 1 heterocycles. The molecule has 94 valence electrons. The third kappa shape index (κ3) is 4.15. The molecule has 0 aliphatic carbocycles. The highest BCUT2D eigenvalue weighted by Gasteiger charge is 2.17. The number of carbonyl (C=O) groups is 1. The number of aryl methyl sites for hydroxylation is 1. The summed E-state index contributed by atoms with van der Waals surface area (Å²) in [6.45, 7) is 4.47. The Labute approximate surface area is 103 Å². The summed E-state index contributed by atoms with van der Waals surface area (Å²) >= 11 is 0. The first-order valence-electron chi connectivity index (χ1n) is 5.97. The second kappa shape index (κ2) is 6.35. The molecule has 1 amide bonds. The maximum atomic E-state index is 11.9. The summed E-state index contributed by atoms with van der Waals surface area (Å²) in [6, 6.07) is 5.41. The molecule has 1 atom stereocenters. The van der Waals surface area contributed by atoms with Gasteiger partial charge in [-0.25, -0.2) is 0 Å². The van der Waals surface area contributed by atoms with Gasteiger partial charge in [-0.15, -0.1) is 0 Å². The lowest BCUT2D eigenvalue weighted by Crippen LogP contribution is -2.41. The zero-order valence-electron chi connectivity index (χ0n) is 10.8. The van der Waals surface area contributed by atoms with Gasteiger partial charge >= 0.3 is 0 Å². The minimum Gasteiger partial charge on any atom is -0.339 e. The Hall–Kier alpha value is -1.42. The molecule has 0 spiro atoms. The molecule has 1 rings (SSSR count). The van der Waals surface area contributed by atoms with E-state index >= 15 is 0 Å². The minimum absolute atomic E-state index is 0.0184. The summed E-state index contributed by atoms with van der Waals surface area (Å²) in [4.78, 5) is 17.9. The summed E-state index contributed by atoms with van der Waals surface area (Å²) in [5, 5.41) is 0. The van der Waals surface area contributed by atoms with Crippen molar-refractivity contribution in [1.29, 1.82) is 0 Å². The van der Waals surface area contributed by atoms with Crippen molar-refractivity contribution in [3.8, 4) is 0 Å². The molecule has 0 aliphatic heterocycles. The van der Waals surface area contributed by atoms with Crippen LogP contribution in [0.4, 0.5) is 0 Å². The van der Waals surface area contributed by atoms with Crippen LogP contribution in [0.2, 0.25) is 0 Å². The number of amides is 1. The van der Waals surface area contributed by atoms with Crippen LogP contribution in [-0.4, -0.2) is 28.9 Å². The Balaban J connectivity index is 2.59. The maximum absolute atomic E-state index is 11.9. The van der Waals surface area contributed by atoms with E-state index in [0.717, 1.165) is 24.2 Å². The lowest BCUT2D eigenvalue weighted by molar-refractivity contribution is -0.132. The molecular formula is C13H21N3O. The lowest BCUT2D eigenvalue weighted by atomic mass is 10.1. The summed E-state index contributed by atoms with van der Waals surface area (Å²) in [5.74, 6) is -0.0184. The highest BCUT2D eigenvalue weighted by Crippen LogP contribution is 2.04. The Bertz CT molecular complexity index is 379. The summed E-state index contributed by atoms with van der Waals surface area (Å²) in [5.41, 5.74) is 7.65. The highest BCUT2D eigenvalue weighted by atomic mass is 16.2. The van der Waals surface area contributed by atoms with Crippen molar-refractivity contribution in [1.82, 2.24) is 9.88 Å². The number of carbonyl (C=O) groups excluding carboxylic acids is 1. The van der Waals surface area contributed by atoms with Gasteiger partial charge < -0.3 is 10.6 Å². The van der Waals surface area contributed by atoms with Gasteiger partial charge in [0, 0.05) is 12.7 Å². The van der Waals surface area contributed by atoms with Crippen LogP contribution in [0.3, 0.4) is 0 Å². The third-order valence-electron chi connectivity index (χ3n) is 2.64. The minimum atomic E-state index is -0.394. The first-order chi connectivity index (χ1) is 8.04. The van der Waals surface area contributed by atoms with E-state index in [0.29, 0.717) is 6.54 Å². The zero-order valence-corrected chi connectivity index (χ0v) is 10.8. The van der Waals surface area contributed by atoms with Crippen molar-refractivity contribution < 1.29 is 4.79 Å². The molecule has 4 nitrogen and oxygen atoms in total. The Morgan fingerprint density at radius 2 is 2.24 bits per heavy atom. The first kappa shape index (κ1) is 13.6. The fraction of sp³-hybridized carbons (Fsp3) is 0.538. The molecular weight excluding hydrogens is 214 g/mol. The predicted molar refractivity (Wildman–Crippen MR) is 68.3 cm³/mol. The first-order valence-corrected chi connectivity index (χ1v) is 5.97. The summed E-state index contributed by atoms with van der Waals surface area (Å²) in [7, 11) is 1.77. The second-order valence-electron chi connectivity index (χ2n) is 4.36. The van der Waals surface area contributed by atoms with E-state index in [4.69, 9.17) is 5.73 Å². The van der Waals surface area contributed by atoms with Crippen LogP contribution in [0.5, 0.6) is 0 Å². The van der Waals surface area contributed by atoms with Crippen molar-refractivity contribution in [3.63, 3.8) is 0 Å². The van der Waals surface area contributed by atoms with Gasteiger partial charge in [-0.2, -0.15) is 0 Å². The van der Waals surface area contributed by atoms with Crippen molar-refractivity contribution in [2.75, 3.05) is 7.05 Å². The van der Waals surface area contributed by atoms with Crippen molar-refractivity contribution >= 4 is 5.91 Å². The molecule has 1 aromatic rings. The van der Waals surface area contributed by atoms with Gasteiger partial charge in [0.05, 0.1) is 18.3 Å². The Morgan fingerprint density at radius 1 is 1.53 bits per heavy atom. The van der Waals surface area contributed by atoms with Crippen LogP contribution in [0.1, 0.15) is 31.2 Å². The standard InChI is InChI=1S/C13H21N3O/c1-4-6-12(14)13(17)16(3)9-11-8-5-7-10(2)15-11/h5,7-8,12H,4,6,9,14H2,1-3H3/t12-/m0/s1. The van der Waals surface area contributed by atoms with Crippen LogP contribution in [0, 0.1) is 6.92 Å². The van der Waals surface area contributed by atoms with Gasteiger partial charge in [-0.05, 0) is 25.5 Å². The molecule has 0 radical (unpaired) electrons. The predicted octanol–water partition coefficient (Wildman–Crippen LogP) is 1.48. The largest absolute Gasteiger partial charge is 0.339 e. The van der Waals surface area contributed by atoms with Crippen LogP contribution < -0.4 is 5.73 Å². The normalized spacial score (nSPS) is 12.2. The zero-order chi connectivity index (χ0) is 12.8. The number of nitrogens with zero attached hydrogens (tertiary/aromatic N) is 2. The third-order valence-corrected chi connectivity index (χ3v) is 2.64. The molecule has 2 N–H and O–H groups in total. The van der Waals surface area contributed by atoms with E-state index in [9.17, 15) is 4.79 Å². The Kier molecular flexibility index (Phi) is 5.10. The molecule has 0 bridgehead atoms. The molecule has 0 fully saturated rings. The molecule has 17 heavy (non-hydrogen) atoms. The van der Waals surface area contributed by atoms with Crippen LogP contribution >= 0.6 is 0 Å². The number of pyridine rings is 1. The number of likely N-dealkylation sites (N-methyl/N-ethyl adjacent to an activating group) is 1. The van der Waals surface area contributed by atoms with Gasteiger partial charge in [-0.3, -0.25) is 9.78 Å². The van der Waals surface area contributed by atoms with Gasteiger partial charge in [0.2, 0.25) is 5.91 Å². The van der Waals surface area contributed by atoms with E-state index in [1.807, 2.05) is 32.0 Å². The van der Waals surface area contributed by atoms with Crippen LogP contribution in [-0.2, 0) is 11.3 Å². The topological polar surface area (TPSA) is 59.2 Å². The molecule has 0 aliphatic rings. The number of nitrogens with two attached hydrogens (primary N) is 1. The SMILES string of the molecule is CCC[C@H](N)C(=O)N(C)Cc1cccc(C)n1. The van der Waals surface area contributed by atoms with Crippen LogP contribution in [0.25, 0.3) is 0 Å². The maximum Gasteiger partial charge on any atom is 0.239 e. The van der Waals surface area contributed by atoms with Gasteiger partial charge in [0.1, 0.15) is 0 Å². The average Bonchev–Trinajstić information content (AvgIpc) is 2.28. The molecule has 1 aromatic heterocycles. The van der Waals surface area contributed by atoms with E-state index < -0.39 is 6.04 Å². The van der Waals surface area contributed by atoms with Gasteiger partial charge in [-0.1, -0.05) is 19.4 Å². The summed E-state index contributed by atoms with van der Waals surface area (Å²) < 4.78 is 0. The smallest absolute Gasteiger partial charge is 0.239 e. The lowest BCUT2D eigenvalue weighted by Gasteiger charge is -2.20. The molecule has 0 saturated carbocycles. The van der Waals surface area contributed by atoms with E-state index in [-0.39, 0.29) is 5.91 Å². The van der Waals surface area contributed by atoms with Crippen molar-refractivity contribution in [3.05, 3.63) is 29.6 Å². The number of hydrogen-bond donors (Lipinski definition) is 1. The molecule has 0 saturated heterocycles. The van der Waals surface area contributed by atoms with Crippen molar-refractivity contribution in [2.45, 2.75) is 39.3 Å². The Morgan fingerprint density at radius 3 is 2.82 bits per heavy atom. The van der Waals surface area contributed by atoms with Crippen molar-refractivity contribution in [2.24, 2.45) is 5.73 Å². The quantitative estimate of drug-likeness (QED) is 0.841. The molecule has 0 aromatic carbocycles. The number of hydrogen-bond acceptors (Lipinski definition) is 3.